The molecular weight excluding hydrogens is 415 g/mol. The van der Waals surface area contributed by atoms with Gasteiger partial charge in [-0.05, 0) is 61.2 Å². The molecule has 2 heterocycles. The van der Waals surface area contributed by atoms with Crippen LogP contribution in [-0.2, 0) is 0 Å². The van der Waals surface area contributed by atoms with Gasteiger partial charge >= 0.3 is 0 Å². The maximum Gasteiger partial charge on any atom is 0.289 e. The van der Waals surface area contributed by atoms with E-state index in [1.165, 1.54) is 0 Å². The van der Waals surface area contributed by atoms with Gasteiger partial charge in [0.2, 0.25) is 0 Å². The van der Waals surface area contributed by atoms with Gasteiger partial charge in [-0.15, -0.1) is 0 Å². The molecule has 1 aliphatic rings. The van der Waals surface area contributed by atoms with Gasteiger partial charge in [0.1, 0.15) is 17.4 Å². The zero-order valence-corrected chi connectivity index (χ0v) is 17.0. The minimum atomic E-state index is -0.182. The van der Waals surface area contributed by atoms with Crippen molar-refractivity contribution < 1.29 is 9.21 Å². The Bertz CT molecular complexity index is 1100. The van der Waals surface area contributed by atoms with Crippen LogP contribution in [0.4, 0.5) is 10.5 Å². The molecule has 2 aromatic carbocycles. The van der Waals surface area contributed by atoms with Crippen LogP contribution in [0.15, 0.2) is 68.9 Å². The molecule has 4 nitrogen and oxygen atoms in total. The van der Waals surface area contributed by atoms with Crippen LogP contribution in [0.5, 0.6) is 0 Å². The average molecular weight is 429 g/mol. The Morgan fingerprint density at radius 1 is 1.04 bits per heavy atom. The van der Waals surface area contributed by atoms with Crippen molar-refractivity contribution in [1.29, 1.82) is 0 Å². The second-order valence-electron chi connectivity index (χ2n) is 6.12. The van der Waals surface area contributed by atoms with E-state index in [9.17, 15) is 4.79 Å². The molecular formula is C21H14Cl2N2O2S. The summed E-state index contributed by atoms with van der Waals surface area (Å²) in [6, 6.07) is 16.6. The van der Waals surface area contributed by atoms with Gasteiger partial charge in [0.05, 0.1) is 26.2 Å². The standard InChI is InChI=1S/C21H14Cl2N2O2S/c1-12-5-7-13(8-6-12)24-20-18(28-21(26)25-20)11-14-9-10-17(27-14)19-15(22)3-2-4-16(19)23/h2-11H,1H3,(H,24,25,26)/b18-11-. The van der Waals surface area contributed by atoms with E-state index < -0.39 is 0 Å². The summed E-state index contributed by atoms with van der Waals surface area (Å²) >= 11 is 13.6. The van der Waals surface area contributed by atoms with Gasteiger partial charge in [-0.3, -0.25) is 4.79 Å². The fraction of sp³-hybridized carbons (Fsp3) is 0.0476. The molecule has 1 N–H and O–H groups in total. The van der Waals surface area contributed by atoms with Gasteiger partial charge in [-0.1, -0.05) is 47.0 Å². The molecule has 28 heavy (non-hydrogen) atoms. The molecule has 4 rings (SSSR count). The summed E-state index contributed by atoms with van der Waals surface area (Å²) in [6.45, 7) is 2.01. The summed E-state index contributed by atoms with van der Waals surface area (Å²) in [5.41, 5.74) is 2.54. The van der Waals surface area contributed by atoms with Crippen molar-refractivity contribution in [2.45, 2.75) is 6.92 Å². The number of amides is 1. The van der Waals surface area contributed by atoms with Crippen molar-refractivity contribution in [1.82, 2.24) is 5.32 Å². The quantitative estimate of drug-likeness (QED) is 0.484. The monoisotopic (exact) mass is 428 g/mol. The van der Waals surface area contributed by atoms with E-state index in [1.807, 2.05) is 31.2 Å². The van der Waals surface area contributed by atoms with Crippen LogP contribution in [-0.4, -0.2) is 11.1 Å². The second-order valence-corrected chi connectivity index (χ2v) is 7.95. The Morgan fingerprint density at radius 2 is 1.75 bits per heavy atom. The second kappa shape index (κ2) is 7.87. The van der Waals surface area contributed by atoms with E-state index in [1.54, 1.807) is 36.4 Å². The summed E-state index contributed by atoms with van der Waals surface area (Å²) < 4.78 is 5.89. The smallest absolute Gasteiger partial charge is 0.289 e. The van der Waals surface area contributed by atoms with E-state index in [4.69, 9.17) is 27.6 Å². The van der Waals surface area contributed by atoms with E-state index in [0.717, 1.165) is 23.0 Å². The molecule has 0 atom stereocenters. The molecule has 1 amide bonds. The fourth-order valence-corrected chi connectivity index (χ4v) is 3.99. The highest BCUT2D eigenvalue weighted by atomic mass is 35.5. The highest BCUT2D eigenvalue weighted by Crippen LogP contribution is 2.36. The third kappa shape index (κ3) is 4.02. The lowest BCUT2D eigenvalue weighted by Crippen LogP contribution is -2.18. The first-order valence-electron chi connectivity index (χ1n) is 8.40. The molecule has 1 saturated heterocycles. The van der Waals surface area contributed by atoms with Crippen LogP contribution in [0, 0.1) is 6.92 Å². The van der Waals surface area contributed by atoms with Gasteiger partial charge in [0, 0.05) is 0 Å². The van der Waals surface area contributed by atoms with Crippen LogP contribution in [0.1, 0.15) is 11.3 Å². The zero-order valence-electron chi connectivity index (χ0n) is 14.7. The summed E-state index contributed by atoms with van der Waals surface area (Å²) in [6.07, 6.45) is 1.77. The van der Waals surface area contributed by atoms with Crippen molar-refractivity contribution in [2.24, 2.45) is 4.99 Å². The van der Waals surface area contributed by atoms with E-state index >= 15 is 0 Å². The number of nitrogens with one attached hydrogen (secondary N) is 1. The largest absolute Gasteiger partial charge is 0.457 e. The van der Waals surface area contributed by atoms with Crippen molar-refractivity contribution in [3.05, 3.63) is 80.9 Å². The van der Waals surface area contributed by atoms with Gasteiger partial charge in [0.15, 0.2) is 0 Å². The number of nitrogens with zero attached hydrogens (tertiary/aromatic N) is 1. The van der Waals surface area contributed by atoms with Gasteiger partial charge in [-0.2, -0.15) is 0 Å². The van der Waals surface area contributed by atoms with Crippen molar-refractivity contribution in [2.75, 3.05) is 0 Å². The van der Waals surface area contributed by atoms with E-state index in [0.29, 0.717) is 37.9 Å². The van der Waals surface area contributed by atoms with Crippen molar-refractivity contribution in [3.63, 3.8) is 0 Å². The predicted molar refractivity (Wildman–Crippen MR) is 117 cm³/mol. The normalized spacial score (nSPS) is 16.8. The third-order valence-electron chi connectivity index (χ3n) is 4.04. The Labute approximate surface area is 176 Å². The first kappa shape index (κ1) is 18.9. The van der Waals surface area contributed by atoms with Gasteiger partial charge < -0.3 is 9.73 Å². The molecule has 0 bridgehead atoms. The lowest BCUT2D eigenvalue weighted by Gasteiger charge is -2.03. The Hall–Kier alpha value is -2.47. The number of halogens is 2. The summed E-state index contributed by atoms with van der Waals surface area (Å²) in [4.78, 5) is 17.1. The Balaban J connectivity index is 1.67. The summed E-state index contributed by atoms with van der Waals surface area (Å²) in [5, 5.41) is 3.60. The topological polar surface area (TPSA) is 54.6 Å². The molecule has 1 aromatic heterocycles. The van der Waals surface area contributed by atoms with Crippen LogP contribution in [0.2, 0.25) is 10.0 Å². The third-order valence-corrected chi connectivity index (χ3v) is 5.49. The number of carbonyl (C=O) groups is 1. The first-order chi connectivity index (χ1) is 13.5. The number of aryl methyl sites for hydroxylation is 1. The Morgan fingerprint density at radius 3 is 2.46 bits per heavy atom. The number of hydrogen-bond acceptors (Lipinski definition) is 4. The maximum atomic E-state index is 11.9. The molecule has 1 aliphatic heterocycles. The molecule has 0 radical (unpaired) electrons. The first-order valence-corrected chi connectivity index (χ1v) is 9.97. The van der Waals surface area contributed by atoms with Gasteiger partial charge in [0.25, 0.3) is 5.24 Å². The van der Waals surface area contributed by atoms with Crippen molar-refractivity contribution in [3.8, 4) is 11.3 Å². The lowest BCUT2D eigenvalue weighted by atomic mass is 10.2. The fourth-order valence-electron chi connectivity index (χ4n) is 2.69. The van der Waals surface area contributed by atoms with E-state index in [2.05, 4.69) is 10.3 Å². The van der Waals surface area contributed by atoms with E-state index in [-0.39, 0.29) is 5.24 Å². The lowest BCUT2D eigenvalue weighted by molar-refractivity contribution is 0.265. The molecule has 140 valence electrons. The van der Waals surface area contributed by atoms with Gasteiger partial charge in [-0.25, -0.2) is 4.99 Å². The number of thioether (sulfide) groups is 1. The number of furan rings is 1. The Kier molecular flexibility index (Phi) is 5.31. The zero-order chi connectivity index (χ0) is 19.7. The molecule has 0 unspecified atom stereocenters. The van der Waals surface area contributed by atoms with Crippen molar-refractivity contribution >= 4 is 57.8 Å². The minimum Gasteiger partial charge on any atom is -0.457 e. The SMILES string of the molecule is Cc1ccc(N=C2NC(=O)S/C2=C\c2ccc(-c3c(Cl)cccc3Cl)o2)cc1. The molecule has 0 saturated carbocycles. The highest BCUT2D eigenvalue weighted by Gasteiger charge is 2.24. The molecule has 1 fully saturated rings. The van der Waals surface area contributed by atoms with Crippen LogP contribution >= 0.6 is 35.0 Å². The molecule has 0 aliphatic carbocycles. The van der Waals surface area contributed by atoms with Crippen LogP contribution < -0.4 is 5.32 Å². The van der Waals surface area contributed by atoms with Crippen LogP contribution in [0.25, 0.3) is 17.4 Å². The number of aliphatic imine (C=N–C) groups is 1. The summed E-state index contributed by atoms with van der Waals surface area (Å²) in [5.74, 6) is 1.62. The number of amidine groups is 1. The molecule has 7 heteroatoms. The number of benzene rings is 2. The minimum absolute atomic E-state index is 0.182. The maximum absolute atomic E-state index is 11.9. The average Bonchev–Trinajstić information content (AvgIpc) is 3.24. The predicted octanol–water partition coefficient (Wildman–Crippen LogP) is 7.09. The van der Waals surface area contributed by atoms with Crippen LogP contribution in [0.3, 0.4) is 0 Å². The molecule has 0 spiro atoms. The number of carbonyl (C=O) groups excluding carboxylic acids is 1. The highest BCUT2D eigenvalue weighted by molar-refractivity contribution is 8.18. The summed E-state index contributed by atoms with van der Waals surface area (Å²) in [7, 11) is 0. The number of rotatable bonds is 3. The molecule has 3 aromatic rings. The number of hydrogen-bond donors (Lipinski definition) is 1.